The van der Waals surface area contributed by atoms with Crippen LogP contribution in [-0.2, 0) is 12.8 Å². The Bertz CT molecular complexity index is 1050. The first-order chi connectivity index (χ1) is 13.0. The number of ether oxygens (including phenoxy) is 1. The van der Waals surface area contributed by atoms with Crippen LogP contribution in [0.1, 0.15) is 11.1 Å². The molecular weight excluding hydrogens is 353 g/mol. The van der Waals surface area contributed by atoms with E-state index in [4.69, 9.17) is 4.74 Å². The monoisotopic (exact) mass is 368 g/mol. The molecule has 0 aliphatic rings. The van der Waals surface area contributed by atoms with Crippen LogP contribution in [0.3, 0.4) is 0 Å². The minimum absolute atomic E-state index is 0.422. The van der Waals surface area contributed by atoms with Crippen LogP contribution in [0.15, 0.2) is 79.0 Å². The van der Waals surface area contributed by atoms with Gasteiger partial charge in [-0.15, -0.1) is 0 Å². The molecule has 0 aliphatic heterocycles. The van der Waals surface area contributed by atoms with Gasteiger partial charge in [-0.2, -0.15) is 18.3 Å². The van der Waals surface area contributed by atoms with Gasteiger partial charge in [0.2, 0.25) is 0 Å². The first kappa shape index (κ1) is 17.1. The first-order valence-corrected chi connectivity index (χ1v) is 8.33. The fourth-order valence-corrected chi connectivity index (χ4v) is 2.88. The van der Waals surface area contributed by atoms with E-state index in [1.165, 1.54) is 12.1 Å². The van der Waals surface area contributed by atoms with Gasteiger partial charge in [0.1, 0.15) is 12.4 Å². The van der Waals surface area contributed by atoms with Crippen LogP contribution < -0.4 is 4.74 Å². The van der Waals surface area contributed by atoms with Gasteiger partial charge in [-0.25, -0.2) is 4.68 Å². The van der Waals surface area contributed by atoms with Crippen LogP contribution in [0.2, 0.25) is 0 Å². The lowest BCUT2D eigenvalue weighted by Crippen LogP contribution is -2.05. The summed E-state index contributed by atoms with van der Waals surface area (Å²) in [6.45, 7) is 0.422. The highest BCUT2D eigenvalue weighted by atomic mass is 19.4. The van der Waals surface area contributed by atoms with E-state index in [0.717, 1.165) is 28.6 Å². The lowest BCUT2D eigenvalue weighted by molar-refractivity contribution is -0.137. The number of alkyl halides is 3. The van der Waals surface area contributed by atoms with Gasteiger partial charge in [-0.05, 0) is 42.0 Å². The highest BCUT2D eigenvalue weighted by molar-refractivity contribution is 5.86. The molecule has 0 saturated carbocycles. The van der Waals surface area contributed by atoms with Gasteiger partial charge in [0, 0.05) is 0 Å². The molecule has 0 bridgehead atoms. The maximum Gasteiger partial charge on any atom is 0.416 e. The summed E-state index contributed by atoms with van der Waals surface area (Å²) in [4.78, 5) is 0. The molecule has 136 valence electrons. The lowest BCUT2D eigenvalue weighted by Gasteiger charge is -2.09. The molecule has 1 aromatic heterocycles. The summed E-state index contributed by atoms with van der Waals surface area (Å²) in [5, 5.41) is 5.13. The second-order valence-corrected chi connectivity index (χ2v) is 6.06. The normalized spacial score (nSPS) is 11.7. The Labute approximate surface area is 153 Å². The van der Waals surface area contributed by atoms with E-state index in [-0.39, 0.29) is 0 Å². The number of hydrogen-bond acceptors (Lipinski definition) is 2. The van der Waals surface area contributed by atoms with Gasteiger partial charge in [-0.1, -0.05) is 36.4 Å². The number of aromatic nitrogens is 2. The van der Waals surface area contributed by atoms with Gasteiger partial charge in [0.25, 0.3) is 0 Å². The highest BCUT2D eigenvalue weighted by Gasteiger charge is 2.30. The fraction of sp³-hybridized carbons (Fsp3) is 0.0952. The molecule has 6 heteroatoms. The van der Waals surface area contributed by atoms with E-state index >= 15 is 0 Å². The minimum atomic E-state index is -4.36. The number of halogens is 3. The Morgan fingerprint density at radius 2 is 1.59 bits per heavy atom. The van der Waals surface area contributed by atoms with Crippen molar-refractivity contribution in [2.24, 2.45) is 0 Å². The SMILES string of the molecule is FC(F)(F)c1ccc(-n2ncc3c(OCc4ccccc4)cccc32)cc1. The Balaban J connectivity index is 1.64. The average Bonchev–Trinajstić information content (AvgIpc) is 3.11. The Morgan fingerprint density at radius 1 is 0.852 bits per heavy atom. The molecule has 0 atom stereocenters. The van der Waals surface area contributed by atoms with Crippen molar-refractivity contribution in [2.45, 2.75) is 12.8 Å². The second kappa shape index (κ2) is 6.79. The van der Waals surface area contributed by atoms with Gasteiger partial charge in [0.15, 0.2) is 0 Å². The summed E-state index contributed by atoms with van der Waals surface area (Å²) in [5.74, 6) is 0.675. The molecule has 0 amide bonds. The third-order valence-electron chi connectivity index (χ3n) is 4.25. The molecule has 3 nitrogen and oxygen atoms in total. The van der Waals surface area contributed by atoms with E-state index in [1.807, 2.05) is 48.5 Å². The van der Waals surface area contributed by atoms with Crippen molar-refractivity contribution in [1.29, 1.82) is 0 Å². The number of benzene rings is 3. The number of rotatable bonds is 4. The third kappa shape index (κ3) is 3.51. The van der Waals surface area contributed by atoms with Crippen LogP contribution in [-0.4, -0.2) is 9.78 Å². The van der Waals surface area contributed by atoms with E-state index < -0.39 is 11.7 Å². The number of nitrogens with zero attached hydrogens (tertiary/aromatic N) is 2. The van der Waals surface area contributed by atoms with Gasteiger partial charge < -0.3 is 4.74 Å². The second-order valence-electron chi connectivity index (χ2n) is 6.06. The molecule has 0 aliphatic carbocycles. The summed E-state index contributed by atoms with van der Waals surface area (Å²) in [5.41, 5.74) is 1.68. The standard InChI is InChI=1S/C21H15F3N2O/c22-21(23,24)16-9-11-17(12-10-16)26-19-7-4-8-20(18(19)13-25-26)27-14-15-5-2-1-3-6-15/h1-13H,14H2. The predicted octanol–water partition coefficient (Wildman–Crippen LogP) is 5.62. The summed E-state index contributed by atoms with van der Waals surface area (Å²) < 4.78 is 45.8. The first-order valence-electron chi connectivity index (χ1n) is 8.33. The summed E-state index contributed by atoms with van der Waals surface area (Å²) in [6, 6.07) is 20.3. The molecule has 0 fully saturated rings. The van der Waals surface area contributed by atoms with E-state index in [0.29, 0.717) is 18.0 Å². The molecule has 1 heterocycles. The molecule has 0 radical (unpaired) electrons. The zero-order chi connectivity index (χ0) is 18.9. The van der Waals surface area contributed by atoms with Crippen molar-refractivity contribution < 1.29 is 17.9 Å². The quantitative estimate of drug-likeness (QED) is 0.467. The maximum absolute atomic E-state index is 12.8. The Kier molecular flexibility index (Phi) is 4.32. The van der Waals surface area contributed by atoms with Crippen molar-refractivity contribution in [3.05, 3.63) is 90.1 Å². The van der Waals surface area contributed by atoms with Crippen molar-refractivity contribution in [3.63, 3.8) is 0 Å². The number of fused-ring (bicyclic) bond motifs is 1. The molecule has 4 rings (SSSR count). The summed E-state index contributed by atoms with van der Waals surface area (Å²) >= 11 is 0. The zero-order valence-electron chi connectivity index (χ0n) is 14.1. The van der Waals surface area contributed by atoms with Crippen LogP contribution in [0.25, 0.3) is 16.6 Å². The molecule has 0 unspecified atom stereocenters. The van der Waals surface area contributed by atoms with Crippen molar-refractivity contribution in [1.82, 2.24) is 9.78 Å². The fourth-order valence-electron chi connectivity index (χ4n) is 2.88. The lowest BCUT2D eigenvalue weighted by atomic mass is 10.2. The van der Waals surface area contributed by atoms with E-state index in [2.05, 4.69) is 5.10 Å². The molecule has 0 spiro atoms. The van der Waals surface area contributed by atoms with E-state index in [1.54, 1.807) is 10.9 Å². The molecule has 0 N–H and O–H groups in total. The summed E-state index contributed by atoms with van der Waals surface area (Å²) in [7, 11) is 0. The molecule has 0 saturated heterocycles. The van der Waals surface area contributed by atoms with Crippen LogP contribution in [0.4, 0.5) is 13.2 Å². The molecule has 4 aromatic rings. The van der Waals surface area contributed by atoms with Crippen LogP contribution in [0.5, 0.6) is 5.75 Å². The Morgan fingerprint density at radius 3 is 2.30 bits per heavy atom. The van der Waals surface area contributed by atoms with E-state index in [9.17, 15) is 13.2 Å². The molecular formula is C21H15F3N2O. The molecule has 3 aromatic carbocycles. The summed E-state index contributed by atoms with van der Waals surface area (Å²) in [6.07, 6.45) is -2.70. The van der Waals surface area contributed by atoms with Crippen LogP contribution >= 0.6 is 0 Å². The van der Waals surface area contributed by atoms with Gasteiger partial charge in [0.05, 0.1) is 28.4 Å². The average molecular weight is 368 g/mol. The van der Waals surface area contributed by atoms with Crippen molar-refractivity contribution in [2.75, 3.05) is 0 Å². The predicted molar refractivity (Wildman–Crippen MR) is 96.8 cm³/mol. The topological polar surface area (TPSA) is 27.1 Å². The highest BCUT2D eigenvalue weighted by Crippen LogP contribution is 2.31. The maximum atomic E-state index is 12.8. The van der Waals surface area contributed by atoms with Crippen molar-refractivity contribution in [3.8, 4) is 11.4 Å². The molecule has 27 heavy (non-hydrogen) atoms. The Hall–Kier alpha value is -3.28. The third-order valence-corrected chi connectivity index (χ3v) is 4.25. The smallest absolute Gasteiger partial charge is 0.416 e. The van der Waals surface area contributed by atoms with Gasteiger partial charge >= 0.3 is 6.18 Å². The van der Waals surface area contributed by atoms with Gasteiger partial charge in [-0.3, -0.25) is 0 Å². The number of hydrogen-bond donors (Lipinski definition) is 0. The minimum Gasteiger partial charge on any atom is -0.488 e. The van der Waals surface area contributed by atoms with Crippen molar-refractivity contribution >= 4 is 10.9 Å². The largest absolute Gasteiger partial charge is 0.488 e. The zero-order valence-corrected chi connectivity index (χ0v) is 14.1. The van der Waals surface area contributed by atoms with Crippen LogP contribution in [0, 0.1) is 0 Å².